The van der Waals surface area contributed by atoms with Gasteiger partial charge in [0.1, 0.15) is 45.2 Å². The SMILES string of the molecule is CCCCOc1cc2c(cc1OCCCC)-c1nc-2nc2[nH]c(nc3nc(nc4[nH]c(n1)c1cc(OCCCC)c(OCCCC)cc41)-c1cc(OCCCC)c(OCCCC)cc1-3)c1cc3c(cc21)C#CC#Cc1cc2c4nc5nc(nc6[nH]c(nc7nc(nc([nH]4)c2cc1C#CC#C3)-c1cc(OCCCC)c(OCCCC)cc1-7)c1cc(OCCCC)c(OCCCC)cc61)-c1cc(OCCCC)c(OCCCC)cc1-5. The second-order valence-corrected chi connectivity index (χ2v) is 37.6. The van der Waals surface area contributed by atoms with Crippen LogP contribution in [0.5, 0.6) is 69.0 Å². The van der Waals surface area contributed by atoms with Crippen molar-refractivity contribution < 1.29 is 56.8 Å². The zero-order chi connectivity index (χ0) is 102. The Morgan fingerprint density at radius 3 is 0.412 bits per heavy atom. The summed E-state index contributed by atoms with van der Waals surface area (Å²) in [6, 6.07) is 31.6. The summed E-state index contributed by atoms with van der Waals surface area (Å²) in [6.07, 6.45) is 21.1. The fourth-order valence-corrected chi connectivity index (χ4v) is 17.8. The molecule has 6 aromatic heterocycles. The van der Waals surface area contributed by atoms with Gasteiger partial charge >= 0.3 is 0 Å². The van der Waals surface area contributed by atoms with E-state index in [1.165, 1.54) is 0 Å². The quantitative estimate of drug-likeness (QED) is 0.0203. The number of unbranched alkanes of at least 4 members (excludes halogenated alkanes) is 12. The Hall–Kier alpha value is -15.7. The average molecular weight is 1990 g/mol. The molecule has 0 spiro atoms. The molecule has 14 aromatic rings. The Bertz CT molecular complexity index is 7090. The van der Waals surface area contributed by atoms with Crippen molar-refractivity contribution in [3.05, 3.63) is 119 Å². The molecule has 4 N–H and O–H groups in total. The first kappa shape index (κ1) is 101. The number of aromatic amines is 4. The van der Waals surface area contributed by atoms with Gasteiger partial charge < -0.3 is 76.8 Å². The highest BCUT2D eigenvalue weighted by atomic mass is 16.5. The monoisotopic (exact) mass is 1980 g/mol. The molecule has 19 rings (SSSR count). The number of H-pyrrole nitrogens is 4. The first-order valence-corrected chi connectivity index (χ1v) is 53.5. The lowest BCUT2D eigenvalue weighted by Gasteiger charge is -2.14. The maximum atomic E-state index is 6.68. The topological polar surface area (TPSA) is 329 Å². The van der Waals surface area contributed by atoms with E-state index >= 15 is 0 Å². The molecule has 10 heterocycles. The van der Waals surface area contributed by atoms with Gasteiger partial charge in [-0.15, -0.1) is 0 Å². The summed E-state index contributed by atoms with van der Waals surface area (Å²) < 4.78 is 80.0. The molecule has 28 heteroatoms. The van der Waals surface area contributed by atoms with Crippen molar-refractivity contribution >= 4 is 88.3 Å². The maximum Gasteiger partial charge on any atom is 0.164 e. The van der Waals surface area contributed by atoms with Gasteiger partial charge in [0, 0.05) is 110 Å². The summed E-state index contributed by atoms with van der Waals surface area (Å²) >= 11 is 0. The lowest BCUT2D eigenvalue weighted by molar-refractivity contribution is 0.262. The molecule has 4 aliphatic heterocycles. The largest absolute Gasteiger partial charge is 0.490 e. The molecule has 148 heavy (non-hydrogen) atoms. The van der Waals surface area contributed by atoms with Gasteiger partial charge in [0.25, 0.3) is 0 Å². The van der Waals surface area contributed by atoms with Gasteiger partial charge in [-0.3, -0.25) is 0 Å². The minimum Gasteiger partial charge on any atom is -0.490 e. The van der Waals surface area contributed by atoms with Crippen molar-refractivity contribution in [2.24, 2.45) is 0 Å². The maximum absolute atomic E-state index is 6.68. The van der Waals surface area contributed by atoms with E-state index in [0.29, 0.717) is 350 Å². The van der Waals surface area contributed by atoms with E-state index < -0.39 is 0 Å². The van der Waals surface area contributed by atoms with Gasteiger partial charge in [-0.1, -0.05) is 184 Å². The second kappa shape index (κ2) is 47.7. The Balaban J connectivity index is 0.848. The van der Waals surface area contributed by atoms with E-state index in [4.69, 9.17) is 117 Å². The van der Waals surface area contributed by atoms with Gasteiger partial charge in [-0.25, -0.2) is 59.8 Å². The predicted molar refractivity (Wildman–Crippen MR) is 584 cm³/mol. The Kier molecular flexibility index (Phi) is 32.5. The molecular formula is C120H128N16O12. The Labute approximate surface area is 863 Å². The van der Waals surface area contributed by atoms with Crippen molar-refractivity contribution in [2.45, 2.75) is 237 Å². The molecule has 0 radical (unpaired) electrons. The number of aromatic nitrogens is 16. The number of nitrogens with zero attached hydrogens (tertiary/aromatic N) is 12. The molecule has 0 saturated heterocycles. The van der Waals surface area contributed by atoms with Crippen LogP contribution in [0.2, 0.25) is 0 Å². The van der Waals surface area contributed by atoms with Crippen LogP contribution in [0.3, 0.4) is 0 Å². The summed E-state index contributed by atoms with van der Waals surface area (Å²) in [6.45, 7) is 31.3. The molecule has 28 nitrogen and oxygen atoms in total. The van der Waals surface area contributed by atoms with Crippen LogP contribution in [0.4, 0.5) is 0 Å². The van der Waals surface area contributed by atoms with Crippen molar-refractivity contribution in [1.82, 2.24) is 79.7 Å². The Morgan fingerprint density at radius 2 is 0.284 bits per heavy atom. The smallest absolute Gasteiger partial charge is 0.164 e. The van der Waals surface area contributed by atoms with Crippen LogP contribution in [0.1, 0.15) is 259 Å². The number of hydrogen-bond acceptors (Lipinski definition) is 24. The van der Waals surface area contributed by atoms with Crippen LogP contribution in [-0.2, 0) is 0 Å². The molecule has 16 bridgehead atoms. The Morgan fingerprint density at radius 1 is 0.162 bits per heavy atom. The predicted octanol–water partition coefficient (Wildman–Crippen LogP) is 27.3. The first-order chi connectivity index (χ1) is 72.8. The zero-order valence-corrected chi connectivity index (χ0v) is 87.0. The van der Waals surface area contributed by atoms with E-state index in [9.17, 15) is 0 Å². The van der Waals surface area contributed by atoms with Crippen molar-refractivity contribution in [1.29, 1.82) is 0 Å². The van der Waals surface area contributed by atoms with Crippen LogP contribution in [-0.4, -0.2) is 159 Å². The van der Waals surface area contributed by atoms with Crippen LogP contribution in [0.15, 0.2) is 97.1 Å². The molecule has 0 unspecified atom stereocenters. The third kappa shape index (κ3) is 22.1. The molecular weight excluding hydrogens is 1860 g/mol. The number of nitrogens with one attached hydrogen (secondary N) is 4. The third-order valence-electron chi connectivity index (χ3n) is 26.3. The van der Waals surface area contributed by atoms with Crippen LogP contribution in [0, 0.1) is 47.4 Å². The van der Waals surface area contributed by atoms with Crippen molar-refractivity contribution in [3.8, 4) is 207 Å². The zero-order valence-electron chi connectivity index (χ0n) is 87.0. The lowest BCUT2D eigenvalue weighted by Crippen LogP contribution is -2.03. The highest BCUT2D eigenvalue weighted by Gasteiger charge is 2.33. The molecule has 0 saturated carbocycles. The number of hydrogen-bond donors (Lipinski definition) is 4. The second-order valence-electron chi connectivity index (χ2n) is 37.6. The number of ether oxygens (including phenoxy) is 12. The van der Waals surface area contributed by atoms with Crippen molar-refractivity contribution in [3.63, 3.8) is 0 Å². The lowest BCUT2D eigenvalue weighted by atomic mass is 10.0. The molecule has 5 aliphatic rings. The molecule has 1 aliphatic carbocycles. The van der Waals surface area contributed by atoms with E-state index in [0.717, 1.165) is 154 Å². The number of rotatable bonds is 48. The highest BCUT2D eigenvalue weighted by molar-refractivity contribution is 6.11. The van der Waals surface area contributed by atoms with Gasteiger partial charge in [0.05, 0.1) is 79.3 Å². The summed E-state index contributed by atoms with van der Waals surface area (Å²) in [7, 11) is 0. The molecule has 760 valence electrons. The van der Waals surface area contributed by atoms with Gasteiger partial charge in [0.15, 0.2) is 116 Å². The summed E-state index contributed by atoms with van der Waals surface area (Å²) in [5.74, 6) is 36.5. The average Bonchev–Trinajstić information content (AvgIpc) is 1.59. The standard InChI is InChI=1S/C120H128N16O12/c1-13-25-45-137-93-61-81-85(65-97(93)141-49-29-17-5)113-127-109(81)123-105-77-57-73-41-37-38-43-75-59-79-80(60-76(75)44-40-39-42-74(73)58-78(77)106(121-105)124-110-82-62-94(138-46-26-14-2)98(142-50-30-18-6)66-86(82)114(128-110)132-118-90-70-102(146-54-34-22-10)101(145-53-33-21-9)69-89(90)117(131-113)135-118)108-122-107(79)125-111-83-63-95(139-47-27-15-3)99(143-51-31-19-7)67-87(83)115(129-111)133-119-91-71-103(147-55-35-23-11)104(148-56-36-24-12)72-92(91)120(136-119)134-116-88-68-100(144-52-32-20-8)96(140-48-28-16-4)64-84(88)112(126-108)130-116/h57-72H,13-36,45-56H2,1-12H3,(H2,121,123,124,127,128,131,132,135)(H2,122,125,126,129,130,133,134,136). The normalized spacial score (nSPS) is 11.8. The number of fused-ring (bicyclic) bond motifs is 42. The fourth-order valence-electron chi connectivity index (χ4n) is 17.8. The third-order valence-corrected chi connectivity index (χ3v) is 26.3. The van der Waals surface area contributed by atoms with Crippen LogP contribution >= 0.6 is 0 Å². The molecule has 0 fully saturated rings. The summed E-state index contributed by atoms with van der Waals surface area (Å²) in [5, 5.41) is 5.38. The van der Waals surface area contributed by atoms with E-state index in [1.54, 1.807) is 0 Å². The minimum atomic E-state index is 0.338. The molecule has 8 aromatic carbocycles. The van der Waals surface area contributed by atoms with Gasteiger partial charge in [-0.05, 0) is 198 Å². The minimum absolute atomic E-state index is 0.338. The molecule has 0 amide bonds. The summed E-state index contributed by atoms with van der Waals surface area (Å²) in [4.78, 5) is 81.2. The van der Waals surface area contributed by atoms with Crippen LogP contribution in [0.25, 0.3) is 179 Å². The highest BCUT2D eigenvalue weighted by Crippen LogP contribution is 2.50. The van der Waals surface area contributed by atoms with Gasteiger partial charge in [0.2, 0.25) is 0 Å². The molecule has 0 atom stereocenters. The first-order valence-electron chi connectivity index (χ1n) is 53.5. The summed E-state index contributed by atoms with van der Waals surface area (Å²) in [5.41, 5.74) is 10.9. The number of benzene rings is 8. The van der Waals surface area contributed by atoms with Crippen molar-refractivity contribution in [2.75, 3.05) is 79.3 Å². The van der Waals surface area contributed by atoms with Crippen LogP contribution < -0.4 is 56.8 Å². The van der Waals surface area contributed by atoms with E-state index in [2.05, 4.69) is 150 Å². The van der Waals surface area contributed by atoms with E-state index in [1.807, 2.05) is 97.1 Å². The fraction of sp³-hybridized carbons (Fsp3) is 0.400. The van der Waals surface area contributed by atoms with E-state index in [-0.39, 0.29) is 0 Å². The van der Waals surface area contributed by atoms with Gasteiger partial charge in [-0.2, -0.15) is 0 Å².